The number of hydrogen-bond acceptors (Lipinski definition) is 7. The van der Waals surface area contributed by atoms with Gasteiger partial charge in [-0.05, 0) is 101 Å². The predicted octanol–water partition coefficient (Wildman–Crippen LogP) is 5.89. The molecule has 0 saturated carbocycles. The van der Waals surface area contributed by atoms with Crippen LogP contribution in [0.4, 0.5) is 13.2 Å². The van der Waals surface area contributed by atoms with Gasteiger partial charge in [-0.2, -0.15) is 13.2 Å². The molecule has 3 aromatic rings. The van der Waals surface area contributed by atoms with Gasteiger partial charge in [0.2, 0.25) is 0 Å². The van der Waals surface area contributed by atoms with Crippen LogP contribution in [0.25, 0.3) is 12.7 Å². The summed E-state index contributed by atoms with van der Waals surface area (Å²) >= 11 is 1.07. The number of benzene rings is 2. The highest BCUT2D eigenvalue weighted by Crippen LogP contribution is 2.44. The second-order valence-electron chi connectivity index (χ2n) is 11.2. The van der Waals surface area contributed by atoms with Gasteiger partial charge >= 0.3 is 12.1 Å². The van der Waals surface area contributed by atoms with Gasteiger partial charge in [-0.1, -0.05) is 12.6 Å². The average molecular weight is 634 g/mol. The van der Waals surface area contributed by atoms with E-state index >= 15 is 0 Å². The van der Waals surface area contributed by atoms with Crippen LogP contribution in [0.1, 0.15) is 72.9 Å². The van der Waals surface area contributed by atoms with Crippen molar-refractivity contribution in [1.29, 1.82) is 0 Å². The fourth-order valence-electron chi connectivity index (χ4n) is 5.23. The van der Waals surface area contributed by atoms with Gasteiger partial charge in [0, 0.05) is 12.0 Å². The van der Waals surface area contributed by atoms with Crippen LogP contribution in [0, 0.1) is 20.8 Å². The molecule has 1 N–H and O–H groups in total. The van der Waals surface area contributed by atoms with Gasteiger partial charge in [0.25, 0.3) is 5.56 Å². The normalized spacial score (nSPS) is 16.8. The lowest BCUT2D eigenvalue weighted by Gasteiger charge is -2.38. The lowest BCUT2D eigenvalue weighted by molar-refractivity contribution is -0.143. The van der Waals surface area contributed by atoms with Gasteiger partial charge in [0.05, 0.1) is 28.0 Å². The number of alkyl halides is 3. The lowest BCUT2D eigenvalue weighted by atomic mass is 9.87. The van der Waals surface area contributed by atoms with Crippen LogP contribution in [0.5, 0.6) is 17.2 Å². The molecule has 0 fully saturated rings. The molecule has 2 heterocycles. The fourth-order valence-corrected chi connectivity index (χ4v) is 5.98. The molecule has 0 spiro atoms. The molecule has 7 nitrogen and oxygen atoms in total. The summed E-state index contributed by atoms with van der Waals surface area (Å²) in [6.45, 7) is 13.9. The number of fused-ring (bicyclic) bond motifs is 1. The summed E-state index contributed by atoms with van der Waals surface area (Å²) < 4.78 is 66.2. The first-order chi connectivity index (χ1) is 20.7. The zero-order valence-electron chi connectivity index (χ0n) is 25.7. The third kappa shape index (κ3) is 7.67. The van der Waals surface area contributed by atoms with E-state index in [1.165, 1.54) is 18.2 Å². The molecule has 0 radical (unpaired) electrons. The van der Waals surface area contributed by atoms with Crippen molar-refractivity contribution in [3.8, 4) is 17.2 Å². The maximum atomic E-state index is 14.1. The Labute approximate surface area is 258 Å². The Hall–Kier alpha value is -3.73. The van der Waals surface area contributed by atoms with E-state index in [-0.39, 0.29) is 28.4 Å². The number of aromatic amines is 1. The standard InChI is InChI=1S/C33H38F3NO6S/c1-7-40-28(38)10-8-9-15-41-29-19(2)20(3)30-24(21(29)4)13-14-32(6,43-30)18-42-26-12-11-23(16-25(26)33(34,35)36)17-27-31(39)37-22(5)44-27/h11-12,16-17H,5,7-10,13-15,18H2,1-4,6H3,(H,37,39)/b27-17+/t32-/m0/s1. The maximum Gasteiger partial charge on any atom is 0.419 e. The largest absolute Gasteiger partial charge is 0.493 e. The number of H-pyrrole nitrogens is 1. The minimum absolute atomic E-state index is 0.0930. The van der Waals surface area contributed by atoms with E-state index in [9.17, 15) is 22.8 Å². The summed E-state index contributed by atoms with van der Waals surface area (Å²) in [6, 6.07) is 3.74. The molecule has 0 aliphatic carbocycles. The van der Waals surface area contributed by atoms with E-state index in [0.717, 1.165) is 45.4 Å². The number of esters is 1. The monoisotopic (exact) mass is 633 g/mol. The summed E-state index contributed by atoms with van der Waals surface area (Å²) in [5.41, 5.74) is 1.85. The minimum Gasteiger partial charge on any atom is -0.493 e. The van der Waals surface area contributed by atoms with Crippen LogP contribution in [0.15, 0.2) is 23.0 Å². The maximum absolute atomic E-state index is 14.1. The zero-order valence-corrected chi connectivity index (χ0v) is 26.5. The summed E-state index contributed by atoms with van der Waals surface area (Å²) in [6.07, 6.45) is -0.357. The van der Waals surface area contributed by atoms with Crippen molar-refractivity contribution in [3.63, 3.8) is 0 Å². The number of carbonyl (C=O) groups excluding carboxylic acids is 1. The van der Waals surface area contributed by atoms with Crippen molar-refractivity contribution in [2.24, 2.45) is 0 Å². The van der Waals surface area contributed by atoms with Gasteiger partial charge in [0.15, 0.2) is 0 Å². The van der Waals surface area contributed by atoms with Crippen LogP contribution in [0.2, 0.25) is 0 Å². The minimum atomic E-state index is -4.67. The van der Waals surface area contributed by atoms with E-state index < -0.39 is 22.9 Å². The van der Waals surface area contributed by atoms with Crippen molar-refractivity contribution in [1.82, 2.24) is 4.98 Å². The van der Waals surface area contributed by atoms with E-state index in [1.54, 1.807) is 6.92 Å². The van der Waals surface area contributed by atoms with Gasteiger partial charge < -0.3 is 23.9 Å². The molecule has 1 aliphatic rings. The van der Waals surface area contributed by atoms with Gasteiger partial charge in [-0.15, -0.1) is 11.3 Å². The van der Waals surface area contributed by atoms with E-state index in [0.29, 0.717) is 55.7 Å². The summed E-state index contributed by atoms with van der Waals surface area (Å²) in [5, 5.41) is 0. The zero-order chi connectivity index (χ0) is 32.2. The molecule has 1 atom stereocenters. The highest BCUT2D eigenvalue weighted by Gasteiger charge is 2.38. The lowest BCUT2D eigenvalue weighted by Crippen LogP contribution is -2.42. The highest BCUT2D eigenvalue weighted by atomic mass is 32.1. The predicted molar refractivity (Wildman–Crippen MR) is 164 cm³/mol. The molecule has 0 amide bonds. The Kier molecular flexibility index (Phi) is 10.2. The van der Waals surface area contributed by atoms with Crippen molar-refractivity contribution < 1.29 is 36.9 Å². The number of ether oxygens (including phenoxy) is 4. The van der Waals surface area contributed by atoms with Gasteiger partial charge in [-0.25, -0.2) is 0 Å². The molecule has 11 heteroatoms. The Morgan fingerprint density at radius 1 is 1.16 bits per heavy atom. The Balaban J connectivity index is 1.48. The van der Waals surface area contributed by atoms with Crippen molar-refractivity contribution in [3.05, 3.63) is 71.1 Å². The van der Waals surface area contributed by atoms with Crippen LogP contribution in [-0.4, -0.2) is 36.4 Å². The second-order valence-corrected chi connectivity index (χ2v) is 12.3. The number of thiazole rings is 1. The Bertz CT molecular complexity index is 1690. The van der Waals surface area contributed by atoms with Crippen LogP contribution in [0.3, 0.4) is 0 Å². The van der Waals surface area contributed by atoms with Crippen LogP contribution < -0.4 is 29.0 Å². The van der Waals surface area contributed by atoms with Crippen molar-refractivity contribution in [2.75, 3.05) is 19.8 Å². The third-order valence-electron chi connectivity index (χ3n) is 7.74. The molecule has 1 aromatic heterocycles. The molecule has 0 bridgehead atoms. The van der Waals surface area contributed by atoms with Gasteiger partial charge in [0.1, 0.15) is 29.5 Å². The number of carbonyl (C=O) groups is 1. The first-order valence-electron chi connectivity index (χ1n) is 14.6. The number of nitrogens with one attached hydrogen (secondary N) is 1. The second kappa shape index (κ2) is 13.5. The first kappa shape index (κ1) is 33.2. The SMILES string of the molecule is C=c1[nH]c(=O)/c(=C\c2ccc(OC[C@]3(C)CCc4c(C)c(OCCCCC(=O)OCC)c(C)c(C)c4O3)c(C(F)(F)F)c2)s1. The number of aromatic nitrogens is 1. The van der Waals surface area contributed by atoms with Gasteiger partial charge in [-0.3, -0.25) is 9.59 Å². The molecule has 0 saturated heterocycles. The van der Waals surface area contributed by atoms with Crippen LogP contribution >= 0.6 is 11.3 Å². The van der Waals surface area contributed by atoms with E-state index in [2.05, 4.69) is 11.6 Å². The van der Waals surface area contributed by atoms with Crippen LogP contribution in [-0.2, 0) is 22.1 Å². The third-order valence-corrected chi connectivity index (χ3v) is 8.61. The Morgan fingerprint density at radius 2 is 1.91 bits per heavy atom. The smallest absolute Gasteiger partial charge is 0.419 e. The summed E-state index contributed by atoms with van der Waals surface area (Å²) in [7, 11) is 0. The fraction of sp³-hybridized carbons (Fsp3) is 0.455. The van der Waals surface area contributed by atoms with E-state index in [1.807, 2.05) is 27.7 Å². The number of unbranched alkanes of at least 4 members (excludes halogenated alkanes) is 1. The van der Waals surface area contributed by atoms with Crippen molar-refractivity contribution in [2.45, 2.75) is 78.5 Å². The highest BCUT2D eigenvalue weighted by molar-refractivity contribution is 7.07. The molecular formula is C33H38F3NO6S. The Morgan fingerprint density at radius 3 is 2.57 bits per heavy atom. The van der Waals surface area contributed by atoms with E-state index in [4.69, 9.17) is 18.9 Å². The topological polar surface area (TPSA) is 86.9 Å². The van der Waals surface area contributed by atoms with Crippen molar-refractivity contribution >= 4 is 30.0 Å². The molecule has 4 rings (SSSR count). The number of halogens is 3. The molecule has 2 aromatic carbocycles. The molecule has 0 unspecified atom stereocenters. The quantitative estimate of drug-likeness (QED) is 0.209. The molecule has 1 aliphatic heterocycles. The summed E-state index contributed by atoms with van der Waals surface area (Å²) in [5.74, 6) is 0.986. The average Bonchev–Trinajstić information content (AvgIpc) is 3.28. The summed E-state index contributed by atoms with van der Waals surface area (Å²) in [4.78, 5) is 26.1. The molecule has 44 heavy (non-hydrogen) atoms. The number of hydrogen-bond donors (Lipinski definition) is 1. The molecular weight excluding hydrogens is 595 g/mol. The number of rotatable bonds is 11. The first-order valence-corrected chi connectivity index (χ1v) is 15.4. The molecule has 238 valence electrons.